The van der Waals surface area contributed by atoms with Gasteiger partial charge in [0, 0.05) is 118 Å². The minimum atomic E-state index is 0.172. The van der Waals surface area contributed by atoms with Crippen LogP contribution in [0.2, 0.25) is 0 Å². The fourth-order valence-corrected chi connectivity index (χ4v) is 17.4. The minimum Gasteiger partial charge on any atom is -0.492 e. The molecule has 109 heavy (non-hydrogen) atoms. The third-order valence-electron chi connectivity index (χ3n) is 22.1. The second-order valence-electron chi connectivity index (χ2n) is 29.5. The summed E-state index contributed by atoms with van der Waals surface area (Å²) in [6.07, 6.45) is 43.2. The largest absolute Gasteiger partial charge is 0.492 e. The molecule has 4 aliphatic rings. The molecule has 0 radical (unpaired) electrons. The molecule has 0 amide bonds. The number of aromatic nitrogens is 17. The van der Waals surface area contributed by atoms with E-state index in [-0.39, 0.29) is 6.10 Å². The maximum absolute atomic E-state index is 6.65. The van der Waals surface area contributed by atoms with Crippen LogP contribution in [0.1, 0.15) is 113 Å². The molecule has 22 nitrogen and oxygen atoms in total. The minimum absolute atomic E-state index is 0.172. The Labute approximate surface area is 641 Å². The van der Waals surface area contributed by atoms with Crippen molar-refractivity contribution in [1.82, 2.24) is 88.4 Å². The Hall–Kier alpha value is -12.0. The van der Waals surface area contributed by atoms with E-state index in [9.17, 15) is 0 Å². The Bertz CT molecular complexity index is 6260. The molecule has 2 fully saturated rings. The van der Waals surface area contributed by atoms with Crippen LogP contribution in [0.5, 0.6) is 11.5 Å². The third-order valence-corrected chi connectivity index (χ3v) is 22.8. The summed E-state index contributed by atoms with van der Waals surface area (Å²) in [5.74, 6) is 1.67. The number of aromatic amines is 4. The van der Waals surface area contributed by atoms with Crippen LogP contribution >= 0.6 is 22.6 Å². The summed E-state index contributed by atoms with van der Waals surface area (Å²) in [5, 5.41) is 17.2. The first kappa shape index (κ1) is 66.5. The lowest BCUT2D eigenvalue weighted by atomic mass is 9.88. The van der Waals surface area contributed by atoms with E-state index in [0.29, 0.717) is 32.5 Å². The topological polar surface area (TPSA) is 245 Å². The number of aryl methyl sites for hydroxylation is 2. The van der Waals surface area contributed by atoms with E-state index in [1.165, 1.54) is 48.8 Å². The quantitative estimate of drug-likeness (QED) is 0.0552. The van der Waals surface area contributed by atoms with Gasteiger partial charge in [0.05, 0.1) is 159 Å². The highest BCUT2D eigenvalue weighted by molar-refractivity contribution is 14.1. The van der Waals surface area contributed by atoms with Crippen molar-refractivity contribution < 1.29 is 9.47 Å². The predicted octanol–water partition coefficient (Wildman–Crippen LogP) is 16.0. The van der Waals surface area contributed by atoms with Crippen LogP contribution in [0.15, 0.2) is 194 Å². The second kappa shape index (κ2) is 28.0. The lowest BCUT2D eigenvalue weighted by Crippen LogP contribution is -2.25. The average Bonchev–Trinajstić information content (AvgIpc) is 1.58. The molecule has 4 aromatic carbocycles. The van der Waals surface area contributed by atoms with Crippen molar-refractivity contribution in [3.05, 3.63) is 250 Å². The number of pyridine rings is 4. The van der Waals surface area contributed by atoms with E-state index in [0.717, 1.165) is 229 Å². The molecule has 3 aliphatic heterocycles. The van der Waals surface area contributed by atoms with E-state index in [4.69, 9.17) is 49.5 Å². The van der Waals surface area contributed by atoms with Gasteiger partial charge in [0.1, 0.15) is 23.8 Å². The third kappa shape index (κ3) is 13.0. The number of ether oxygens (including phenoxy) is 2. The van der Waals surface area contributed by atoms with Crippen LogP contribution in [-0.4, -0.2) is 145 Å². The molecule has 0 spiro atoms. The summed E-state index contributed by atoms with van der Waals surface area (Å²) >= 11 is 2.41. The number of hydrogen-bond donors (Lipinski definition) is 4. The summed E-state index contributed by atoms with van der Waals surface area (Å²) in [4.78, 5) is 58.0. The number of H-pyrrole nitrogens is 4. The van der Waals surface area contributed by atoms with Crippen molar-refractivity contribution in [2.45, 2.75) is 90.1 Å². The summed E-state index contributed by atoms with van der Waals surface area (Å²) < 4.78 is 22.2. The zero-order chi connectivity index (χ0) is 72.6. The summed E-state index contributed by atoms with van der Waals surface area (Å²) in [5.41, 5.74) is 27.7. The first-order valence-electron chi connectivity index (χ1n) is 37.8. The Morgan fingerprint density at radius 1 is 0.514 bits per heavy atom. The van der Waals surface area contributed by atoms with Gasteiger partial charge in [-0.3, -0.25) is 44.6 Å². The number of rotatable bonds is 19. The molecule has 0 bridgehead atoms. The number of nitrogens with one attached hydrogen (secondary N) is 4. The number of hydrogen-bond acceptors (Lipinski definition) is 14. The van der Waals surface area contributed by atoms with Gasteiger partial charge < -0.3 is 38.1 Å². The highest BCUT2D eigenvalue weighted by Gasteiger charge is 2.27. The van der Waals surface area contributed by atoms with Gasteiger partial charge in [-0.05, 0) is 212 Å². The van der Waals surface area contributed by atoms with Crippen molar-refractivity contribution in [1.29, 1.82) is 0 Å². The Balaban J connectivity index is 0.609. The van der Waals surface area contributed by atoms with Crippen LogP contribution < -0.4 is 9.47 Å². The van der Waals surface area contributed by atoms with Crippen molar-refractivity contribution >= 4 is 77.6 Å². The van der Waals surface area contributed by atoms with Gasteiger partial charge in [-0.15, -0.1) is 0 Å². The maximum atomic E-state index is 6.65. The number of fused-ring (bicyclic) bond motifs is 6. The first-order valence-corrected chi connectivity index (χ1v) is 38.9. The smallest absolute Gasteiger partial charge is 0.138 e. The van der Waals surface area contributed by atoms with Gasteiger partial charge in [0.15, 0.2) is 0 Å². The molecule has 0 unspecified atom stereocenters. The summed E-state index contributed by atoms with van der Waals surface area (Å²) in [6, 6.07) is 31.1. The van der Waals surface area contributed by atoms with Crippen molar-refractivity contribution in [3.63, 3.8) is 0 Å². The second-order valence-corrected chi connectivity index (χ2v) is 30.7. The fourth-order valence-electron chi connectivity index (χ4n) is 16.8. The normalized spacial score (nSPS) is 15.0. The van der Waals surface area contributed by atoms with Crippen molar-refractivity contribution in [2.24, 2.45) is 17.0 Å². The molecule has 20 rings (SSSR count). The molecule has 16 aromatic rings. The Morgan fingerprint density at radius 3 is 1.86 bits per heavy atom. The zero-order valence-corrected chi connectivity index (χ0v) is 62.6. The molecule has 23 heteroatoms. The monoisotopic (exact) mass is 1550 g/mol. The molecule has 1 saturated carbocycles. The lowest BCUT2D eigenvalue weighted by molar-refractivity contribution is 0.154. The van der Waals surface area contributed by atoms with Gasteiger partial charge in [-0.2, -0.15) is 10.2 Å². The zero-order valence-electron chi connectivity index (χ0n) is 60.5. The fraction of sp³-hybridized carbons (Fsp3) is 0.244. The van der Waals surface area contributed by atoms with E-state index < -0.39 is 0 Å². The maximum Gasteiger partial charge on any atom is 0.138 e. The van der Waals surface area contributed by atoms with Crippen LogP contribution in [0, 0.1) is 10.5 Å². The number of likely N-dealkylation sites (tertiary alicyclic amines) is 1. The Kier molecular flexibility index (Phi) is 17.1. The van der Waals surface area contributed by atoms with Crippen LogP contribution in [0.4, 0.5) is 0 Å². The Morgan fingerprint density at radius 2 is 1.15 bits per heavy atom. The number of aliphatic imine (C=N–C) groups is 2. The number of imidazole rings is 3. The van der Waals surface area contributed by atoms with Gasteiger partial charge in [0.25, 0.3) is 0 Å². The van der Waals surface area contributed by atoms with Crippen molar-refractivity contribution in [2.75, 3.05) is 39.3 Å². The highest BCUT2D eigenvalue weighted by atomic mass is 127. The number of benzene rings is 4. The molecule has 0 atom stereocenters. The van der Waals surface area contributed by atoms with E-state index in [1.54, 1.807) is 0 Å². The molecule has 4 N–H and O–H groups in total. The highest BCUT2D eigenvalue weighted by Crippen LogP contribution is 2.40. The predicted molar refractivity (Wildman–Crippen MR) is 433 cm³/mol. The average molecular weight is 1550 g/mol. The molecule has 15 heterocycles. The van der Waals surface area contributed by atoms with E-state index in [1.807, 2.05) is 104 Å². The number of nitrogens with zero attached hydrogens (tertiary/aromatic N) is 16. The molecule has 540 valence electrons. The van der Waals surface area contributed by atoms with Gasteiger partial charge in [0.2, 0.25) is 0 Å². The van der Waals surface area contributed by atoms with Gasteiger partial charge in [-0.1, -0.05) is 24.6 Å². The summed E-state index contributed by atoms with van der Waals surface area (Å²) in [6.45, 7) is 7.33. The van der Waals surface area contributed by atoms with E-state index >= 15 is 0 Å². The molecular formula is C86H77IN20O2. The van der Waals surface area contributed by atoms with E-state index in [2.05, 4.69) is 175 Å². The van der Waals surface area contributed by atoms with Crippen LogP contribution in [0.25, 0.3) is 105 Å². The van der Waals surface area contributed by atoms with Gasteiger partial charge >= 0.3 is 0 Å². The van der Waals surface area contributed by atoms with Crippen molar-refractivity contribution in [3.8, 4) is 73.3 Å². The molecule has 1 aliphatic carbocycles. The number of halogens is 1. The standard InChI is InChI=1S/C86H77IN20O2/c1-51-44-105(48-94-51)80-41-89-38-77-70(80)33-75(99-77)85-69-29-55(60-36-97-103(2)45-60)21-57(67(69)11-8-15-92-85)24-62-46-106(49-95-62)82-43-91-40-79-72(82)34-76(100-79)86-73-30-54(59-27-66(37-88-35-59)109-64-9-4-3-5-10-64)22-58(83(73)101-102-86)25-63-47-107(50-96-63)81-42-90-39-78-71(81)32-74(98-78)84-68-28-53(13-12-52(68)14-16-93-84)56-23-61(87)31-65(26-56)108-20-19-104-17-6-7-18-104/h12-13,21-23,26-50,64,98-100H,3-11,14-20,24-25H2,1-2H3,(H,101,102). The molecule has 1 saturated heterocycles. The van der Waals surface area contributed by atoms with Crippen LogP contribution in [0.3, 0.4) is 0 Å². The summed E-state index contributed by atoms with van der Waals surface area (Å²) in [7, 11) is 1.96. The molecular weight excluding hydrogens is 1470 g/mol. The first-order chi connectivity index (χ1) is 53.6. The lowest BCUT2D eigenvalue weighted by Gasteiger charge is -2.23. The molecule has 12 aromatic heterocycles. The van der Waals surface area contributed by atoms with Gasteiger partial charge in [-0.25, -0.2) is 15.0 Å². The SMILES string of the molecule is Cc1cn(-c2cncc3[nH]c(C4=NCCCc5c(Cc6cn(-c7cncc8[nH]c(-c9n[nH]c%10c(Cc%11cn(-c%12cncc%13[nH]c(C%14=NCCc%15ccc(-c%16cc(I)cc(OCCN%17CCCC%17)c%16)cc%15%14)cc%12%13)cn%11)cc(-c%11cncc(OC%12CCCCC%12)c%11)cc9%10)cc78)cn6)cc(-c6cnn(C)c6)cc54)cc23)cn1. The van der Waals surface area contributed by atoms with Crippen LogP contribution in [-0.2, 0) is 32.7 Å².